The lowest BCUT2D eigenvalue weighted by Crippen LogP contribution is -2.25. The van der Waals surface area contributed by atoms with Gasteiger partial charge in [0.25, 0.3) is 0 Å². The van der Waals surface area contributed by atoms with Crippen molar-refractivity contribution in [2.24, 2.45) is 0 Å². The fourth-order valence-electron chi connectivity index (χ4n) is 2.21. The van der Waals surface area contributed by atoms with E-state index in [0.29, 0.717) is 18.0 Å². The highest BCUT2D eigenvalue weighted by molar-refractivity contribution is 5.80. The molecule has 110 valence electrons. The highest BCUT2D eigenvalue weighted by Gasteiger charge is 2.33. The van der Waals surface area contributed by atoms with Gasteiger partial charge in [-0.3, -0.25) is 0 Å². The Kier molecular flexibility index (Phi) is 2.96. The summed E-state index contributed by atoms with van der Waals surface area (Å²) in [5, 5.41) is 6.82. The zero-order valence-electron chi connectivity index (χ0n) is 10.9. The topological polar surface area (TPSA) is 32.3 Å². The molecule has 0 amide bonds. The predicted octanol–water partition coefficient (Wildman–Crippen LogP) is 3.18. The number of rotatable bonds is 1. The fourth-order valence-corrected chi connectivity index (χ4v) is 2.21. The van der Waals surface area contributed by atoms with Gasteiger partial charge in [0.05, 0.1) is 18.0 Å². The average molecular weight is 298 g/mol. The van der Waals surface area contributed by atoms with Crippen molar-refractivity contribution < 1.29 is 17.6 Å². The Morgan fingerprint density at radius 1 is 1.05 bits per heavy atom. The van der Waals surface area contributed by atoms with Gasteiger partial charge in [-0.15, -0.1) is 10.2 Å². The minimum Gasteiger partial charge on any atom is -0.355 e. The van der Waals surface area contributed by atoms with Gasteiger partial charge in [-0.1, -0.05) is 0 Å². The molecular weight excluding hydrogens is 288 g/mol. The summed E-state index contributed by atoms with van der Waals surface area (Å²) in [7, 11) is 1.76. The number of nitrogens with zero attached hydrogens (tertiary/aromatic N) is 4. The first-order valence-electron chi connectivity index (χ1n) is 6.05. The second-order valence-electron chi connectivity index (χ2n) is 4.67. The van der Waals surface area contributed by atoms with Crippen molar-refractivity contribution in [1.82, 2.24) is 10.2 Å². The van der Waals surface area contributed by atoms with Crippen LogP contribution in [0, 0.1) is 5.82 Å². The van der Waals surface area contributed by atoms with Crippen molar-refractivity contribution in [3.63, 3.8) is 0 Å². The van der Waals surface area contributed by atoms with E-state index < -0.39 is 11.9 Å². The number of benzene rings is 1. The molecule has 0 saturated carbocycles. The summed E-state index contributed by atoms with van der Waals surface area (Å²) >= 11 is 0. The molecule has 0 fully saturated rings. The zero-order valence-corrected chi connectivity index (χ0v) is 10.9. The molecule has 0 N–H and O–H groups in total. The summed E-state index contributed by atoms with van der Waals surface area (Å²) < 4.78 is 50.7. The van der Waals surface area contributed by atoms with E-state index in [1.54, 1.807) is 22.9 Å². The SMILES string of the molecule is CN1CN(c2ccc(C(F)(F)F)nn2)c2ccc(F)cc21. The number of alkyl halides is 3. The van der Waals surface area contributed by atoms with Gasteiger partial charge in [0.1, 0.15) is 5.82 Å². The molecule has 1 aromatic carbocycles. The van der Waals surface area contributed by atoms with Crippen LogP contribution in [0.3, 0.4) is 0 Å². The first-order valence-corrected chi connectivity index (χ1v) is 6.05. The Bertz CT molecular complexity index is 669. The zero-order chi connectivity index (χ0) is 15.2. The number of fused-ring (bicyclic) bond motifs is 1. The number of halogens is 4. The van der Waals surface area contributed by atoms with Crippen LogP contribution >= 0.6 is 0 Å². The molecule has 1 aromatic heterocycles. The van der Waals surface area contributed by atoms with Crippen molar-refractivity contribution in [2.45, 2.75) is 6.18 Å². The number of hydrogen-bond donors (Lipinski definition) is 0. The molecule has 1 aliphatic rings. The van der Waals surface area contributed by atoms with Crippen molar-refractivity contribution in [1.29, 1.82) is 0 Å². The van der Waals surface area contributed by atoms with E-state index in [2.05, 4.69) is 10.2 Å². The van der Waals surface area contributed by atoms with Gasteiger partial charge in [-0.2, -0.15) is 13.2 Å². The molecule has 0 radical (unpaired) electrons. The second kappa shape index (κ2) is 4.57. The van der Waals surface area contributed by atoms with Crippen molar-refractivity contribution in [3.8, 4) is 0 Å². The van der Waals surface area contributed by atoms with Crippen LogP contribution in [0.25, 0.3) is 0 Å². The van der Waals surface area contributed by atoms with Crippen molar-refractivity contribution >= 4 is 17.2 Å². The molecule has 0 aliphatic carbocycles. The third-order valence-electron chi connectivity index (χ3n) is 3.21. The number of anilines is 3. The Morgan fingerprint density at radius 3 is 2.43 bits per heavy atom. The summed E-state index contributed by atoms with van der Waals surface area (Å²) in [5.41, 5.74) is 0.280. The Balaban J connectivity index is 1.96. The van der Waals surface area contributed by atoms with Gasteiger partial charge >= 0.3 is 6.18 Å². The maximum Gasteiger partial charge on any atom is 0.435 e. The molecule has 2 heterocycles. The predicted molar refractivity (Wildman–Crippen MR) is 68.8 cm³/mol. The summed E-state index contributed by atoms with van der Waals surface area (Å²) in [4.78, 5) is 3.44. The Hall–Kier alpha value is -2.38. The van der Waals surface area contributed by atoms with Crippen molar-refractivity contribution in [2.75, 3.05) is 23.5 Å². The van der Waals surface area contributed by atoms with Crippen LogP contribution in [0.4, 0.5) is 34.8 Å². The first-order chi connectivity index (χ1) is 9.86. The van der Waals surface area contributed by atoms with E-state index in [-0.39, 0.29) is 11.6 Å². The molecule has 0 bridgehead atoms. The van der Waals surface area contributed by atoms with E-state index in [0.717, 1.165) is 6.07 Å². The van der Waals surface area contributed by atoms with Crippen LogP contribution in [0.15, 0.2) is 30.3 Å². The van der Waals surface area contributed by atoms with Crippen LogP contribution in [0.2, 0.25) is 0 Å². The van der Waals surface area contributed by atoms with Crippen LogP contribution in [-0.2, 0) is 6.18 Å². The molecule has 4 nitrogen and oxygen atoms in total. The minimum absolute atomic E-state index is 0.278. The first kappa shape index (κ1) is 13.6. The van der Waals surface area contributed by atoms with Gasteiger partial charge < -0.3 is 9.80 Å². The van der Waals surface area contributed by atoms with Crippen LogP contribution in [0.5, 0.6) is 0 Å². The van der Waals surface area contributed by atoms with Crippen molar-refractivity contribution in [3.05, 3.63) is 41.8 Å². The molecular formula is C13H10F4N4. The summed E-state index contributed by atoms with van der Waals surface area (Å²) in [6.07, 6.45) is -4.52. The second-order valence-corrected chi connectivity index (χ2v) is 4.67. The maximum atomic E-state index is 13.3. The third-order valence-corrected chi connectivity index (χ3v) is 3.21. The molecule has 3 rings (SSSR count). The minimum atomic E-state index is -4.52. The van der Waals surface area contributed by atoms with Gasteiger partial charge in [0.2, 0.25) is 0 Å². The lowest BCUT2D eigenvalue weighted by Gasteiger charge is -2.17. The molecule has 0 saturated heterocycles. The molecule has 0 spiro atoms. The summed E-state index contributed by atoms with van der Waals surface area (Å²) in [6.45, 7) is 0.360. The van der Waals surface area contributed by atoms with Gasteiger partial charge in [-0.25, -0.2) is 4.39 Å². The van der Waals surface area contributed by atoms with Crippen LogP contribution < -0.4 is 9.80 Å². The molecule has 21 heavy (non-hydrogen) atoms. The highest BCUT2D eigenvalue weighted by atomic mass is 19.4. The van der Waals surface area contributed by atoms with E-state index in [1.807, 2.05) is 0 Å². The summed E-state index contributed by atoms with van der Waals surface area (Å²) in [5.74, 6) is -0.0961. The largest absolute Gasteiger partial charge is 0.435 e. The maximum absolute atomic E-state index is 13.3. The van der Waals surface area contributed by atoms with E-state index in [1.165, 1.54) is 18.2 Å². The quantitative estimate of drug-likeness (QED) is 0.757. The standard InChI is InChI=1S/C13H10F4N4/c1-20-7-21(9-3-2-8(14)6-10(9)20)12-5-4-11(18-19-12)13(15,16)17/h2-6H,7H2,1H3. The average Bonchev–Trinajstić information content (AvgIpc) is 2.75. The van der Waals surface area contributed by atoms with Gasteiger partial charge in [0.15, 0.2) is 11.5 Å². The lowest BCUT2D eigenvalue weighted by molar-refractivity contribution is -0.141. The number of hydrogen-bond acceptors (Lipinski definition) is 4. The Morgan fingerprint density at radius 2 is 1.81 bits per heavy atom. The molecule has 0 atom stereocenters. The van der Waals surface area contributed by atoms with Crippen LogP contribution in [-0.4, -0.2) is 23.9 Å². The van der Waals surface area contributed by atoms with E-state index in [9.17, 15) is 17.6 Å². The normalized spacial score (nSPS) is 14.5. The Labute approximate surface area is 117 Å². The monoisotopic (exact) mass is 298 g/mol. The number of aromatic nitrogens is 2. The lowest BCUT2D eigenvalue weighted by atomic mass is 10.2. The van der Waals surface area contributed by atoms with Gasteiger partial charge in [-0.05, 0) is 30.3 Å². The highest BCUT2D eigenvalue weighted by Crippen LogP contribution is 2.39. The van der Waals surface area contributed by atoms with Gasteiger partial charge in [0, 0.05) is 7.05 Å². The third kappa shape index (κ3) is 2.37. The summed E-state index contributed by atoms with van der Waals surface area (Å²) in [6, 6.07) is 6.36. The van der Waals surface area contributed by atoms with E-state index in [4.69, 9.17) is 0 Å². The molecule has 2 aromatic rings. The fraction of sp³-hybridized carbons (Fsp3) is 0.231. The molecule has 1 aliphatic heterocycles. The molecule has 8 heteroatoms. The van der Waals surface area contributed by atoms with E-state index >= 15 is 0 Å². The van der Waals surface area contributed by atoms with Crippen LogP contribution in [0.1, 0.15) is 5.69 Å². The smallest absolute Gasteiger partial charge is 0.355 e. The molecule has 0 unspecified atom stereocenters.